The third-order valence-electron chi connectivity index (χ3n) is 2.84. The van der Waals surface area contributed by atoms with Crippen LogP contribution in [0.5, 0.6) is 0 Å². The first kappa shape index (κ1) is 15.5. The Balaban J connectivity index is 2.00. The van der Waals surface area contributed by atoms with E-state index in [1.165, 1.54) is 12.1 Å². The molecule has 0 aliphatic heterocycles. The largest absolute Gasteiger partial charge is 0.383 e. The van der Waals surface area contributed by atoms with Crippen LogP contribution in [-0.4, -0.2) is 30.2 Å². The molecule has 0 atom stereocenters. The zero-order chi connectivity index (χ0) is 15.1. The first-order valence-electron chi connectivity index (χ1n) is 6.63. The van der Waals surface area contributed by atoms with Crippen LogP contribution < -0.4 is 5.32 Å². The van der Waals surface area contributed by atoms with Crippen LogP contribution in [0.1, 0.15) is 17.1 Å². The van der Waals surface area contributed by atoms with Crippen LogP contribution in [-0.2, 0) is 17.7 Å². The van der Waals surface area contributed by atoms with Crippen molar-refractivity contribution in [2.75, 3.05) is 20.3 Å². The van der Waals surface area contributed by atoms with Crippen molar-refractivity contribution in [3.63, 3.8) is 0 Å². The maximum atomic E-state index is 13.1. The summed E-state index contributed by atoms with van der Waals surface area (Å²) < 4.78 is 31.2. The van der Waals surface area contributed by atoms with E-state index in [0.717, 1.165) is 18.3 Å². The van der Waals surface area contributed by atoms with Gasteiger partial charge in [-0.25, -0.2) is 18.7 Å². The van der Waals surface area contributed by atoms with E-state index in [0.29, 0.717) is 31.0 Å². The molecule has 0 saturated heterocycles. The number of halogens is 2. The molecule has 0 unspecified atom stereocenters. The quantitative estimate of drug-likeness (QED) is 0.794. The average Bonchev–Trinajstić information content (AvgIpc) is 2.43. The number of methoxy groups -OCH3 is 1. The summed E-state index contributed by atoms with van der Waals surface area (Å²) in [5, 5.41) is 3.18. The second-order valence-corrected chi connectivity index (χ2v) is 4.59. The highest BCUT2D eigenvalue weighted by Gasteiger charge is 2.05. The smallest absolute Gasteiger partial charge is 0.132 e. The molecule has 0 aliphatic rings. The zero-order valence-corrected chi connectivity index (χ0v) is 11.8. The van der Waals surface area contributed by atoms with Gasteiger partial charge in [-0.1, -0.05) is 0 Å². The van der Waals surface area contributed by atoms with E-state index in [4.69, 9.17) is 4.74 Å². The van der Waals surface area contributed by atoms with E-state index in [9.17, 15) is 8.78 Å². The van der Waals surface area contributed by atoms with Gasteiger partial charge in [0.25, 0.3) is 0 Å². The lowest BCUT2D eigenvalue weighted by Gasteiger charge is -2.06. The summed E-state index contributed by atoms with van der Waals surface area (Å²) in [6, 6.07) is 5.22. The number of ether oxygens (including phenoxy) is 1. The molecule has 112 valence electrons. The monoisotopic (exact) mass is 293 g/mol. The van der Waals surface area contributed by atoms with Gasteiger partial charge in [0.2, 0.25) is 0 Å². The summed E-state index contributed by atoms with van der Waals surface area (Å²) in [5.41, 5.74) is 1.34. The Morgan fingerprint density at radius 3 is 2.67 bits per heavy atom. The van der Waals surface area contributed by atoms with Crippen molar-refractivity contribution in [1.29, 1.82) is 0 Å². The van der Waals surface area contributed by atoms with Crippen LogP contribution in [0.2, 0.25) is 0 Å². The van der Waals surface area contributed by atoms with E-state index >= 15 is 0 Å². The van der Waals surface area contributed by atoms with Crippen LogP contribution >= 0.6 is 0 Å². The van der Waals surface area contributed by atoms with Crippen molar-refractivity contribution in [1.82, 2.24) is 15.3 Å². The highest BCUT2D eigenvalue weighted by molar-refractivity contribution is 5.21. The molecule has 21 heavy (non-hydrogen) atoms. The maximum Gasteiger partial charge on any atom is 0.132 e. The predicted octanol–water partition coefficient (Wildman–Crippen LogP) is 2.08. The first-order valence-corrected chi connectivity index (χ1v) is 6.63. The summed E-state index contributed by atoms with van der Waals surface area (Å²) in [6.07, 6.45) is 1.94. The van der Waals surface area contributed by atoms with E-state index in [2.05, 4.69) is 15.3 Å². The molecule has 0 aliphatic carbocycles. The van der Waals surface area contributed by atoms with E-state index < -0.39 is 11.6 Å². The highest BCUT2D eigenvalue weighted by atomic mass is 19.1. The predicted molar refractivity (Wildman–Crippen MR) is 74.8 cm³/mol. The topological polar surface area (TPSA) is 47.0 Å². The van der Waals surface area contributed by atoms with Gasteiger partial charge in [0, 0.05) is 38.9 Å². The third-order valence-corrected chi connectivity index (χ3v) is 2.84. The molecular formula is C15H17F2N3O. The van der Waals surface area contributed by atoms with Gasteiger partial charge in [-0.3, -0.25) is 0 Å². The fourth-order valence-corrected chi connectivity index (χ4v) is 1.91. The summed E-state index contributed by atoms with van der Waals surface area (Å²) >= 11 is 0. The molecule has 4 nitrogen and oxygen atoms in total. The van der Waals surface area contributed by atoms with Crippen molar-refractivity contribution in [3.05, 3.63) is 59.2 Å². The van der Waals surface area contributed by atoms with Gasteiger partial charge in [-0.15, -0.1) is 0 Å². The van der Waals surface area contributed by atoms with Gasteiger partial charge in [0.05, 0.1) is 12.3 Å². The van der Waals surface area contributed by atoms with Crippen LogP contribution in [0.3, 0.4) is 0 Å². The number of nitrogens with one attached hydrogen (secondary N) is 1. The Morgan fingerprint density at radius 1 is 1.19 bits per heavy atom. The second kappa shape index (κ2) is 7.75. The minimum absolute atomic E-state index is 0.292. The Morgan fingerprint density at radius 2 is 1.95 bits per heavy atom. The molecule has 1 aromatic heterocycles. The van der Waals surface area contributed by atoms with Crippen molar-refractivity contribution < 1.29 is 13.5 Å². The van der Waals surface area contributed by atoms with Crippen LogP contribution in [0.15, 0.2) is 30.5 Å². The normalized spacial score (nSPS) is 10.8. The Kier molecular flexibility index (Phi) is 5.71. The molecular weight excluding hydrogens is 276 g/mol. The molecule has 1 aromatic carbocycles. The minimum Gasteiger partial charge on any atom is -0.383 e. The van der Waals surface area contributed by atoms with Gasteiger partial charge >= 0.3 is 0 Å². The lowest BCUT2D eigenvalue weighted by atomic mass is 10.1. The van der Waals surface area contributed by atoms with Gasteiger partial charge in [0.15, 0.2) is 0 Å². The number of aromatic nitrogens is 2. The van der Waals surface area contributed by atoms with Crippen LogP contribution in [0.25, 0.3) is 0 Å². The molecule has 0 bridgehead atoms. The minimum atomic E-state index is -0.595. The molecule has 6 heteroatoms. The molecule has 0 spiro atoms. The van der Waals surface area contributed by atoms with Crippen LogP contribution in [0, 0.1) is 11.6 Å². The molecule has 2 rings (SSSR count). The maximum absolute atomic E-state index is 13.1. The van der Waals surface area contributed by atoms with Gasteiger partial charge in [-0.05, 0) is 23.8 Å². The summed E-state index contributed by atoms with van der Waals surface area (Å²) in [6.45, 7) is 1.95. The van der Waals surface area contributed by atoms with Gasteiger partial charge < -0.3 is 10.1 Å². The molecule has 0 saturated carbocycles. The Hall–Kier alpha value is -1.92. The fraction of sp³-hybridized carbons (Fsp3) is 0.333. The van der Waals surface area contributed by atoms with Crippen molar-refractivity contribution in [2.45, 2.75) is 13.0 Å². The van der Waals surface area contributed by atoms with Crippen molar-refractivity contribution in [3.8, 4) is 0 Å². The lowest BCUT2D eigenvalue weighted by Crippen LogP contribution is -2.19. The highest BCUT2D eigenvalue weighted by Crippen LogP contribution is 2.11. The number of benzene rings is 1. The lowest BCUT2D eigenvalue weighted by molar-refractivity contribution is 0.199. The van der Waals surface area contributed by atoms with E-state index in [1.54, 1.807) is 19.4 Å². The second-order valence-electron chi connectivity index (χ2n) is 4.59. The van der Waals surface area contributed by atoms with Crippen molar-refractivity contribution >= 4 is 0 Å². The molecule has 0 amide bonds. The molecule has 2 aromatic rings. The first-order chi connectivity index (χ1) is 10.2. The molecule has 0 radical (unpaired) electrons. The van der Waals surface area contributed by atoms with E-state index in [-0.39, 0.29) is 0 Å². The van der Waals surface area contributed by atoms with Crippen LogP contribution in [0.4, 0.5) is 8.78 Å². The molecule has 1 N–H and O–H groups in total. The summed E-state index contributed by atoms with van der Waals surface area (Å²) in [5.74, 6) is -0.657. The average molecular weight is 293 g/mol. The SMILES string of the molecule is COCCNCc1ccnc(Cc2cc(F)cc(F)c2)n1. The fourth-order valence-electron chi connectivity index (χ4n) is 1.91. The van der Waals surface area contributed by atoms with Gasteiger partial charge in [0.1, 0.15) is 17.5 Å². The number of hydrogen-bond acceptors (Lipinski definition) is 4. The summed E-state index contributed by atoms with van der Waals surface area (Å²) in [7, 11) is 1.64. The summed E-state index contributed by atoms with van der Waals surface area (Å²) in [4.78, 5) is 8.50. The number of nitrogens with zero attached hydrogens (tertiary/aromatic N) is 2. The van der Waals surface area contributed by atoms with E-state index in [1.807, 2.05) is 0 Å². The number of hydrogen-bond donors (Lipinski definition) is 1. The Bertz CT molecular complexity index is 573. The number of rotatable bonds is 7. The molecule has 1 heterocycles. The zero-order valence-electron chi connectivity index (χ0n) is 11.8. The third kappa shape index (κ3) is 5.17. The Labute approximate surface area is 122 Å². The van der Waals surface area contributed by atoms with Crippen molar-refractivity contribution in [2.24, 2.45) is 0 Å². The van der Waals surface area contributed by atoms with Gasteiger partial charge in [-0.2, -0.15) is 0 Å². The standard InChI is InChI=1S/C15H17F2N3O/c1-21-5-4-18-10-14-2-3-19-15(20-14)8-11-6-12(16)9-13(17)7-11/h2-3,6-7,9,18H,4-5,8,10H2,1H3. The molecule has 0 fully saturated rings.